The first-order valence-corrected chi connectivity index (χ1v) is 18.0. The number of halogens is 5. The van der Waals surface area contributed by atoms with Crippen LogP contribution in [0.2, 0.25) is 0 Å². The minimum Gasteiger partial charge on any atom is -0.355 e. The van der Waals surface area contributed by atoms with E-state index in [2.05, 4.69) is 27.4 Å². The molecular weight excluding hydrogens is 675 g/mol. The van der Waals surface area contributed by atoms with Crippen molar-refractivity contribution in [2.75, 3.05) is 50.7 Å². The van der Waals surface area contributed by atoms with Crippen molar-refractivity contribution in [3.8, 4) is 0 Å². The largest absolute Gasteiger partial charge is 0.393 e. The number of allylic oxidation sites excluding steroid dienone is 1. The number of alkyl halides is 5. The van der Waals surface area contributed by atoms with E-state index in [0.29, 0.717) is 36.8 Å². The topological polar surface area (TPSA) is 123 Å². The number of rotatable bonds is 12. The van der Waals surface area contributed by atoms with Gasteiger partial charge in [0.25, 0.3) is 11.7 Å². The third-order valence-electron chi connectivity index (χ3n) is 10.7. The molecule has 0 aromatic carbocycles. The molecule has 2 aromatic rings. The average Bonchev–Trinajstić information content (AvgIpc) is 3.82. The highest BCUT2D eigenvalue weighted by molar-refractivity contribution is 5.93. The second-order valence-corrected chi connectivity index (χ2v) is 14.3. The van der Waals surface area contributed by atoms with Crippen LogP contribution in [-0.4, -0.2) is 106 Å². The number of nitrogens with one attached hydrogen (secondary N) is 2. The third kappa shape index (κ3) is 8.60. The van der Waals surface area contributed by atoms with Crippen LogP contribution in [0.5, 0.6) is 0 Å². The van der Waals surface area contributed by atoms with Gasteiger partial charge in [0.15, 0.2) is 5.82 Å². The monoisotopic (exact) mass is 722 g/mol. The summed E-state index contributed by atoms with van der Waals surface area (Å²) < 4.78 is 71.1. The van der Waals surface area contributed by atoms with Crippen LogP contribution in [0.15, 0.2) is 23.1 Å². The number of carbonyl (C=O) groups excluding carboxylic acids is 2. The highest BCUT2D eigenvalue weighted by atomic mass is 19.4. The van der Waals surface area contributed by atoms with E-state index in [0.717, 1.165) is 25.6 Å². The SMILES string of the molecule is C=NN(CC)/C(=C\C)C(=O)NC(c1cn2nc(CC3CC(C(F)(F)F)CNC3=O)c(N3CCN(CC4CC4)CC3)nc2n1)C1CCC(F)(F)CC1. The van der Waals surface area contributed by atoms with Crippen LogP contribution < -0.4 is 15.5 Å². The molecule has 4 fully saturated rings. The summed E-state index contributed by atoms with van der Waals surface area (Å²) in [6, 6.07) is -0.773. The summed E-state index contributed by atoms with van der Waals surface area (Å²) in [5, 5.41) is 15.6. The van der Waals surface area contributed by atoms with Crippen LogP contribution in [-0.2, 0) is 16.0 Å². The predicted octanol–water partition coefficient (Wildman–Crippen LogP) is 4.34. The first kappa shape index (κ1) is 36.9. The van der Waals surface area contributed by atoms with Crippen LogP contribution in [0.3, 0.4) is 0 Å². The molecular formula is C34H47F5N10O2. The van der Waals surface area contributed by atoms with Gasteiger partial charge in [-0.2, -0.15) is 28.4 Å². The Balaban J connectivity index is 1.34. The predicted molar refractivity (Wildman–Crippen MR) is 180 cm³/mol. The number of fused-ring (bicyclic) bond motifs is 1. The third-order valence-corrected chi connectivity index (χ3v) is 10.7. The molecule has 12 nitrogen and oxygen atoms in total. The molecule has 4 aliphatic rings. The molecule has 2 amide bonds. The lowest BCUT2D eigenvalue weighted by atomic mass is 9.81. The van der Waals surface area contributed by atoms with E-state index in [-0.39, 0.29) is 55.9 Å². The van der Waals surface area contributed by atoms with E-state index in [1.807, 2.05) is 11.8 Å². The molecule has 6 rings (SSSR count). The maximum atomic E-state index is 14.3. The summed E-state index contributed by atoms with van der Waals surface area (Å²) in [5.41, 5.74) is 0.982. The average molecular weight is 723 g/mol. The molecule has 2 saturated heterocycles. The minimum absolute atomic E-state index is 0.0591. The van der Waals surface area contributed by atoms with Crippen molar-refractivity contribution in [1.82, 2.24) is 40.1 Å². The van der Waals surface area contributed by atoms with Crippen LogP contribution >= 0.6 is 0 Å². The van der Waals surface area contributed by atoms with Crippen molar-refractivity contribution >= 4 is 30.1 Å². The number of imidazole rings is 1. The van der Waals surface area contributed by atoms with Gasteiger partial charge in [0.05, 0.1) is 23.9 Å². The highest BCUT2D eigenvalue weighted by Crippen LogP contribution is 2.42. The summed E-state index contributed by atoms with van der Waals surface area (Å²) in [6.07, 6.45) is 0.413. The number of carbonyl (C=O) groups is 2. The Bertz CT molecular complexity index is 1610. The van der Waals surface area contributed by atoms with Crippen molar-refractivity contribution < 1.29 is 31.5 Å². The fourth-order valence-electron chi connectivity index (χ4n) is 7.55. The van der Waals surface area contributed by atoms with Gasteiger partial charge < -0.3 is 15.5 Å². The molecule has 0 bridgehead atoms. The number of likely N-dealkylation sites (N-methyl/N-ethyl adjacent to an activating group) is 1. The van der Waals surface area contributed by atoms with Crippen molar-refractivity contribution in [2.45, 2.75) is 83.4 Å². The molecule has 2 aliphatic heterocycles. The van der Waals surface area contributed by atoms with Gasteiger partial charge in [-0.25, -0.2) is 18.3 Å². The molecule has 3 atom stereocenters. The Labute approximate surface area is 293 Å². The molecule has 0 radical (unpaired) electrons. The van der Waals surface area contributed by atoms with Gasteiger partial charge in [-0.3, -0.25) is 19.5 Å². The summed E-state index contributed by atoms with van der Waals surface area (Å²) in [6.45, 7) is 10.8. The number of hydrazone groups is 1. The number of anilines is 1. The number of hydrogen-bond acceptors (Lipinski definition) is 9. The van der Waals surface area contributed by atoms with E-state index in [1.165, 1.54) is 22.4 Å². The number of amides is 2. The van der Waals surface area contributed by atoms with Crippen LogP contribution in [0.1, 0.15) is 76.2 Å². The normalized spacial score (nSPS) is 24.3. The molecule has 51 heavy (non-hydrogen) atoms. The van der Waals surface area contributed by atoms with Gasteiger partial charge in [0, 0.05) is 77.7 Å². The zero-order valence-corrected chi connectivity index (χ0v) is 29.1. The Hall–Kier alpha value is -3.89. The van der Waals surface area contributed by atoms with E-state index in [4.69, 9.17) is 15.1 Å². The van der Waals surface area contributed by atoms with Gasteiger partial charge in [-0.1, -0.05) is 6.08 Å². The highest BCUT2D eigenvalue weighted by Gasteiger charge is 2.45. The molecule has 3 unspecified atom stereocenters. The van der Waals surface area contributed by atoms with Crippen molar-refractivity contribution in [3.63, 3.8) is 0 Å². The summed E-state index contributed by atoms with van der Waals surface area (Å²) in [7, 11) is 0. The molecule has 17 heteroatoms. The fourth-order valence-corrected chi connectivity index (χ4v) is 7.55. The number of piperidine rings is 1. The molecule has 2 saturated carbocycles. The number of nitrogens with zero attached hydrogens (tertiary/aromatic N) is 8. The van der Waals surface area contributed by atoms with E-state index >= 15 is 0 Å². The Morgan fingerprint density at radius 1 is 1.18 bits per heavy atom. The van der Waals surface area contributed by atoms with Crippen LogP contribution in [0.4, 0.5) is 27.8 Å². The minimum atomic E-state index is -4.45. The lowest BCUT2D eigenvalue weighted by Crippen LogP contribution is -2.48. The quantitative estimate of drug-likeness (QED) is 0.144. The fraction of sp³-hybridized carbons (Fsp3) is 0.706. The van der Waals surface area contributed by atoms with Gasteiger partial charge in [-0.15, -0.1) is 0 Å². The van der Waals surface area contributed by atoms with Crippen LogP contribution in [0, 0.1) is 23.7 Å². The maximum Gasteiger partial charge on any atom is 0.393 e. The standard InChI is InChI=1S/C34H47F5N10O2/c1-4-27(48(5-2)40-3)31(51)43-28(22-8-10-33(35,36)11-9-22)26-20-49-32(42-26)44-29(47-14-12-46(13-15-47)19-21-6-7-21)25(45-49)17-23-16-24(34(37,38)39)18-41-30(23)50/h4,20-24,28H,3,5-19H2,1-2H3,(H,41,50)(H,43,51)/b27-4-. The molecule has 0 spiro atoms. The van der Waals surface area contributed by atoms with E-state index < -0.39 is 48.3 Å². The number of hydrogen-bond donors (Lipinski definition) is 2. The van der Waals surface area contributed by atoms with E-state index in [1.54, 1.807) is 19.2 Å². The smallest absolute Gasteiger partial charge is 0.355 e. The van der Waals surface area contributed by atoms with Crippen molar-refractivity contribution in [1.29, 1.82) is 0 Å². The van der Waals surface area contributed by atoms with Gasteiger partial charge >= 0.3 is 6.18 Å². The molecule has 2 aliphatic carbocycles. The number of piperazine rings is 1. The van der Waals surface area contributed by atoms with Crippen molar-refractivity contribution in [2.24, 2.45) is 28.8 Å². The molecule has 280 valence electrons. The Morgan fingerprint density at radius 3 is 2.49 bits per heavy atom. The lowest BCUT2D eigenvalue weighted by molar-refractivity contribution is -0.183. The number of aromatic nitrogens is 4. The lowest BCUT2D eigenvalue weighted by Gasteiger charge is -2.36. The Morgan fingerprint density at radius 2 is 1.88 bits per heavy atom. The first-order valence-electron chi connectivity index (χ1n) is 18.0. The Kier molecular flexibility index (Phi) is 10.8. The van der Waals surface area contributed by atoms with E-state index in [9.17, 15) is 31.5 Å². The molecule has 2 aromatic heterocycles. The van der Waals surface area contributed by atoms with Gasteiger partial charge in [-0.05, 0) is 57.8 Å². The van der Waals surface area contributed by atoms with Gasteiger partial charge in [0.2, 0.25) is 11.8 Å². The maximum absolute atomic E-state index is 14.3. The van der Waals surface area contributed by atoms with Crippen LogP contribution in [0.25, 0.3) is 5.78 Å². The zero-order valence-electron chi connectivity index (χ0n) is 29.1. The second kappa shape index (κ2) is 15.0. The zero-order chi connectivity index (χ0) is 36.5. The summed E-state index contributed by atoms with van der Waals surface area (Å²) in [4.78, 5) is 40.6. The van der Waals surface area contributed by atoms with Gasteiger partial charge in [0.1, 0.15) is 11.4 Å². The summed E-state index contributed by atoms with van der Waals surface area (Å²) in [5.74, 6) is -5.36. The molecule has 4 heterocycles. The first-order chi connectivity index (χ1) is 24.3. The molecule has 2 N–H and O–H groups in total. The summed E-state index contributed by atoms with van der Waals surface area (Å²) >= 11 is 0. The second-order valence-electron chi connectivity index (χ2n) is 14.3. The van der Waals surface area contributed by atoms with Crippen molar-refractivity contribution in [3.05, 3.63) is 29.4 Å².